The molecule has 2 heterocycles. The molecule has 1 fully saturated rings. The number of carbonyl (C=O) groups excluding carboxylic acids is 1. The van der Waals surface area contributed by atoms with Gasteiger partial charge in [0.25, 0.3) is 0 Å². The highest BCUT2D eigenvalue weighted by Crippen LogP contribution is 2.31. The van der Waals surface area contributed by atoms with Gasteiger partial charge in [-0.1, -0.05) is 26.2 Å². The summed E-state index contributed by atoms with van der Waals surface area (Å²) in [5.74, 6) is 1.32. The van der Waals surface area contributed by atoms with E-state index in [4.69, 9.17) is 4.74 Å². The van der Waals surface area contributed by atoms with Crippen LogP contribution in [0.4, 0.5) is 0 Å². The molecule has 5 heteroatoms. The molecule has 1 aromatic rings. The molecule has 3 rings (SSSR count). The lowest BCUT2D eigenvalue weighted by molar-refractivity contribution is -0.126. The van der Waals surface area contributed by atoms with Gasteiger partial charge in [-0.05, 0) is 31.6 Å². The van der Waals surface area contributed by atoms with Crippen molar-refractivity contribution in [2.75, 3.05) is 13.2 Å². The molecule has 0 radical (unpaired) electrons. The van der Waals surface area contributed by atoms with Crippen LogP contribution in [0.3, 0.4) is 0 Å². The van der Waals surface area contributed by atoms with Gasteiger partial charge >= 0.3 is 0 Å². The number of amides is 1. The molecular weight excluding hydrogens is 302 g/mol. The first-order valence-electron chi connectivity index (χ1n) is 9.67. The van der Waals surface area contributed by atoms with Crippen molar-refractivity contribution in [2.24, 2.45) is 11.8 Å². The summed E-state index contributed by atoms with van der Waals surface area (Å²) in [4.78, 5) is 12.4. The van der Waals surface area contributed by atoms with Crippen LogP contribution in [-0.2, 0) is 29.1 Å². The van der Waals surface area contributed by atoms with Gasteiger partial charge in [0.15, 0.2) is 0 Å². The lowest BCUT2D eigenvalue weighted by atomic mass is 9.79. The van der Waals surface area contributed by atoms with E-state index in [-0.39, 0.29) is 11.8 Å². The quantitative estimate of drug-likeness (QED) is 0.834. The van der Waals surface area contributed by atoms with Crippen LogP contribution in [0.1, 0.15) is 63.1 Å². The molecule has 24 heavy (non-hydrogen) atoms. The third-order valence-corrected chi connectivity index (χ3v) is 5.58. The van der Waals surface area contributed by atoms with Crippen molar-refractivity contribution < 1.29 is 9.53 Å². The van der Waals surface area contributed by atoms with E-state index in [1.807, 2.05) is 10.9 Å². The summed E-state index contributed by atoms with van der Waals surface area (Å²) in [6, 6.07) is 0. The number of nitrogens with zero attached hydrogens (tertiary/aromatic N) is 2. The van der Waals surface area contributed by atoms with E-state index in [0.717, 1.165) is 38.3 Å². The molecule has 0 unspecified atom stereocenters. The van der Waals surface area contributed by atoms with E-state index < -0.39 is 0 Å². The summed E-state index contributed by atoms with van der Waals surface area (Å²) < 4.78 is 7.47. The van der Waals surface area contributed by atoms with Crippen molar-refractivity contribution in [1.82, 2.24) is 15.1 Å². The molecule has 0 aromatic carbocycles. The highest BCUT2D eigenvalue weighted by Gasteiger charge is 2.25. The zero-order valence-corrected chi connectivity index (χ0v) is 14.9. The van der Waals surface area contributed by atoms with Gasteiger partial charge in [-0.3, -0.25) is 9.48 Å². The average Bonchev–Trinajstić information content (AvgIpc) is 3.03. The minimum atomic E-state index is 0.225. The Morgan fingerprint density at radius 1 is 1.38 bits per heavy atom. The van der Waals surface area contributed by atoms with Crippen molar-refractivity contribution in [1.29, 1.82) is 0 Å². The topological polar surface area (TPSA) is 56.2 Å². The lowest BCUT2D eigenvalue weighted by Gasteiger charge is -2.27. The molecule has 0 spiro atoms. The third kappa shape index (κ3) is 4.38. The minimum Gasteiger partial charge on any atom is -0.376 e. The zero-order valence-electron chi connectivity index (χ0n) is 14.9. The van der Waals surface area contributed by atoms with Crippen LogP contribution in [0.2, 0.25) is 0 Å². The summed E-state index contributed by atoms with van der Waals surface area (Å²) in [5.41, 5.74) is 2.46. The number of carbonyl (C=O) groups is 1. The van der Waals surface area contributed by atoms with Crippen LogP contribution in [0.5, 0.6) is 0 Å². The largest absolute Gasteiger partial charge is 0.376 e. The average molecular weight is 333 g/mol. The molecule has 1 aliphatic heterocycles. The first kappa shape index (κ1) is 17.5. The van der Waals surface area contributed by atoms with Crippen molar-refractivity contribution in [3.63, 3.8) is 0 Å². The predicted molar refractivity (Wildman–Crippen MR) is 93.6 cm³/mol. The Labute approximate surface area is 145 Å². The van der Waals surface area contributed by atoms with Gasteiger partial charge in [0.05, 0.1) is 26.0 Å². The van der Waals surface area contributed by atoms with E-state index in [1.54, 1.807) is 0 Å². The van der Waals surface area contributed by atoms with Crippen LogP contribution in [-0.4, -0.2) is 28.8 Å². The molecule has 5 nitrogen and oxygen atoms in total. The zero-order chi connectivity index (χ0) is 16.8. The van der Waals surface area contributed by atoms with Gasteiger partial charge in [-0.2, -0.15) is 5.10 Å². The Morgan fingerprint density at radius 2 is 2.21 bits per heavy atom. The fourth-order valence-corrected chi connectivity index (χ4v) is 4.04. The van der Waals surface area contributed by atoms with Crippen molar-refractivity contribution in [2.45, 2.75) is 71.4 Å². The maximum absolute atomic E-state index is 12.4. The first-order valence-corrected chi connectivity index (χ1v) is 9.67. The predicted octanol–water partition coefficient (Wildman–Crippen LogP) is 3.07. The Balaban J connectivity index is 1.38. The Kier molecular flexibility index (Phi) is 6.30. The Hall–Kier alpha value is -1.36. The summed E-state index contributed by atoms with van der Waals surface area (Å²) in [5, 5.41) is 7.56. The van der Waals surface area contributed by atoms with E-state index in [1.165, 1.54) is 43.4 Å². The molecule has 1 amide bonds. The fraction of sp³-hybridized carbons (Fsp3) is 0.789. The number of fused-ring (bicyclic) bond motifs is 1. The molecule has 1 aromatic heterocycles. The van der Waals surface area contributed by atoms with Crippen LogP contribution < -0.4 is 5.32 Å². The molecule has 1 saturated carbocycles. The molecule has 134 valence electrons. The summed E-state index contributed by atoms with van der Waals surface area (Å²) in [7, 11) is 0. The minimum absolute atomic E-state index is 0.225. The van der Waals surface area contributed by atoms with Crippen LogP contribution in [0, 0.1) is 11.8 Å². The van der Waals surface area contributed by atoms with Gasteiger partial charge in [-0.25, -0.2) is 0 Å². The van der Waals surface area contributed by atoms with Crippen LogP contribution in [0.25, 0.3) is 0 Å². The number of ether oxygens (including phenoxy) is 1. The van der Waals surface area contributed by atoms with E-state index >= 15 is 0 Å². The highest BCUT2D eigenvalue weighted by atomic mass is 16.5. The smallest absolute Gasteiger partial charge is 0.223 e. The van der Waals surface area contributed by atoms with Gasteiger partial charge in [-0.15, -0.1) is 0 Å². The second-order valence-corrected chi connectivity index (χ2v) is 7.29. The van der Waals surface area contributed by atoms with Gasteiger partial charge in [0.1, 0.15) is 0 Å². The number of rotatable bonds is 7. The fourth-order valence-electron chi connectivity index (χ4n) is 4.04. The molecule has 0 atom stereocenters. The molecule has 0 bridgehead atoms. The van der Waals surface area contributed by atoms with Crippen LogP contribution >= 0.6 is 0 Å². The number of hydrogen-bond donors (Lipinski definition) is 1. The number of hydrogen-bond acceptors (Lipinski definition) is 3. The monoisotopic (exact) mass is 333 g/mol. The molecule has 1 N–H and O–H groups in total. The number of nitrogens with one attached hydrogen (secondary N) is 1. The standard InChI is InChI=1S/C19H31N3O2/c1-2-3-4-15-5-7-16(8-6-15)19(23)20-10-11-22-18-9-12-24-14-17(18)13-21-22/h13,15-16H,2-12,14H2,1H3,(H,20,23). The third-order valence-electron chi connectivity index (χ3n) is 5.58. The Bertz CT molecular complexity index is 533. The van der Waals surface area contributed by atoms with Gasteiger partial charge in [0.2, 0.25) is 5.91 Å². The van der Waals surface area contributed by atoms with E-state index in [9.17, 15) is 4.79 Å². The van der Waals surface area contributed by atoms with E-state index in [2.05, 4.69) is 17.3 Å². The van der Waals surface area contributed by atoms with Crippen LogP contribution in [0.15, 0.2) is 6.20 Å². The second-order valence-electron chi connectivity index (χ2n) is 7.29. The lowest BCUT2D eigenvalue weighted by Crippen LogP contribution is -2.35. The molecule has 1 aliphatic carbocycles. The summed E-state index contributed by atoms with van der Waals surface area (Å²) >= 11 is 0. The number of unbranched alkanes of at least 4 members (excludes halogenated alkanes) is 1. The Morgan fingerprint density at radius 3 is 3.00 bits per heavy atom. The summed E-state index contributed by atoms with van der Waals surface area (Å²) in [6.45, 7) is 5.12. The van der Waals surface area contributed by atoms with Crippen molar-refractivity contribution in [3.05, 3.63) is 17.5 Å². The normalized spacial score (nSPS) is 23.7. The molecular formula is C19H31N3O2. The highest BCUT2D eigenvalue weighted by molar-refractivity contribution is 5.78. The maximum atomic E-state index is 12.4. The first-order chi connectivity index (χ1) is 11.8. The van der Waals surface area contributed by atoms with Crippen molar-refractivity contribution in [3.8, 4) is 0 Å². The van der Waals surface area contributed by atoms with Gasteiger partial charge in [0, 0.05) is 30.1 Å². The molecule has 0 saturated heterocycles. The van der Waals surface area contributed by atoms with Crippen molar-refractivity contribution >= 4 is 5.91 Å². The maximum Gasteiger partial charge on any atom is 0.223 e. The van der Waals surface area contributed by atoms with Gasteiger partial charge < -0.3 is 10.1 Å². The second kappa shape index (κ2) is 8.65. The van der Waals surface area contributed by atoms with E-state index in [0.29, 0.717) is 13.2 Å². The molecule has 2 aliphatic rings. The SMILES string of the molecule is CCCCC1CCC(C(=O)NCCn2ncc3c2CCOC3)CC1. The summed E-state index contributed by atoms with van der Waals surface area (Å²) in [6.07, 6.45) is 11.4. The number of aromatic nitrogens is 2.